The molecule has 0 radical (unpaired) electrons. The largest absolute Gasteiger partial charge is 0.497 e. The molecule has 0 aliphatic rings. The van der Waals surface area contributed by atoms with E-state index in [1.54, 1.807) is 43.5 Å². The first-order chi connectivity index (χ1) is 11.6. The lowest BCUT2D eigenvalue weighted by Gasteiger charge is -2.09. The normalized spacial score (nSPS) is 11.6. The van der Waals surface area contributed by atoms with E-state index in [2.05, 4.69) is 10.6 Å². The summed E-state index contributed by atoms with van der Waals surface area (Å²) in [5.41, 5.74) is 0.852. The number of carbonyl (C=O) groups is 2. The van der Waals surface area contributed by atoms with E-state index in [0.29, 0.717) is 5.76 Å². The summed E-state index contributed by atoms with van der Waals surface area (Å²) in [7, 11) is 1.57. The van der Waals surface area contributed by atoms with Gasteiger partial charge in [-0.15, -0.1) is 0 Å². The minimum absolute atomic E-state index is 0.163. The number of benzene rings is 1. The van der Waals surface area contributed by atoms with Gasteiger partial charge in [0.2, 0.25) is 0 Å². The fourth-order valence-electron chi connectivity index (χ4n) is 2.03. The molecule has 0 saturated heterocycles. The molecule has 1 atom stereocenters. The van der Waals surface area contributed by atoms with Crippen molar-refractivity contribution in [2.45, 2.75) is 19.1 Å². The summed E-state index contributed by atoms with van der Waals surface area (Å²) < 4.78 is 10.1. The molecule has 2 amide bonds. The third-order valence-electron chi connectivity index (χ3n) is 3.39. The molecule has 0 aliphatic carbocycles. The van der Waals surface area contributed by atoms with E-state index in [1.165, 1.54) is 6.26 Å². The zero-order valence-corrected chi connectivity index (χ0v) is 13.3. The van der Waals surface area contributed by atoms with Crippen LogP contribution in [0, 0.1) is 0 Å². The highest BCUT2D eigenvalue weighted by Gasteiger charge is 2.15. The molecule has 24 heavy (non-hydrogen) atoms. The van der Waals surface area contributed by atoms with Gasteiger partial charge in [-0.2, -0.15) is 0 Å². The minimum Gasteiger partial charge on any atom is -0.497 e. The summed E-state index contributed by atoms with van der Waals surface area (Å²) in [5, 5.41) is 14.8. The highest BCUT2D eigenvalue weighted by atomic mass is 16.5. The van der Waals surface area contributed by atoms with Crippen LogP contribution in [-0.4, -0.2) is 30.6 Å². The quantitative estimate of drug-likeness (QED) is 0.660. The maximum atomic E-state index is 11.7. The molecule has 1 unspecified atom stereocenters. The Morgan fingerprint density at radius 3 is 2.50 bits per heavy atom. The van der Waals surface area contributed by atoms with Crippen molar-refractivity contribution in [2.75, 3.05) is 13.7 Å². The van der Waals surface area contributed by atoms with Gasteiger partial charge in [-0.3, -0.25) is 9.59 Å². The van der Waals surface area contributed by atoms with Crippen molar-refractivity contribution >= 4 is 11.8 Å². The molecule has 1 heterocycles. The van der Waals surface area contributed by atoms with Gasteiger partial charge in [0.05, 0.1) is 13.4 Å². The van der Waals surface area contributed by atoms with Crippen molar-refractivity contribution < 1.29 is 23.8 Å². The second kappa shape index (κ2) is 8.73. The number of nitrogens with one attached hydrogen (secondary N) is 2. The first kappa shape index (κ1) is 17.6. The Morgan fingerprint density at radius 1 is 1.17 bits per heavy atom. The fraction of sp³-hybridized carbons (Fsp3) is 0.294. The highest BCUT2D eigenvalue weighted by Crippen LogP contribution is 2.15. The van der Waals surface area contributed by atoms with Gasteiger partial charge in [-0.25, -0.2) is 0 Å². The smallest absolute Gasteiger partial charge is 0.309 e. The highest BCUT2D eigenvalue weighted by molar-refractivity contribution is 6.35. The molecular weight excluding hydrogens is 312 g/mol. The average molecular weight is 332 g/mol. The second-order valence-electron chi connectivity index (χ2n) is 5.11. The van der Waals surface area contributed by atoms with Crippen LogP contribution in [-0.2, 0) is 16.1 Å². The van der Waals surface area contributed by atoms with Gasteiger partial charge in [-0.1, -0.05) is 12.1 Å². The van der Waals surface area contributed by atoms with Gasteiger partial charge in [0.15, 0.2) is 0 Å². The summed E-state index contributed by atoms with van der Waals surface area (Å²) in [6.45, 7) is 0.405. The molecule has 0 aliphatic heterocycles. The van der Waals surface area contributed by atoms with Gasteiger partial charge in [-0.05, 0) is 36.2 Å². The molecule has 1 aromatic carbocycles. The lowest BCUT2D eigenvalue weighted by Crippen LogP contribution is -2.40. The second-order valence-corrected chi connectivity index (χ2v) is 5.11. The standard InChI is InChI=1S/C17H20N2O5/c1-23-13-6-4-12(5-7-13)11-19-17(22)16(21)18-9-8-14(20)15-3-2-10-24-15/h2-7,10,14,20H,8-9,11H2,1H3,(H,18,21)(H,19,22). The van der Waals surface area contributed by atoms with Crippen molar-refractivity contribution in [3.05, 3.63) is 54.0 Å². The molecule has 0 spiro atoms. The summed E-state index contributed by atoms with van der Waals surface area (Å²) in [4.78, 5) is 23.4. The van der Waals surface area contributed by atoms with E-state index < -0.39 is 17.9 Å². The number of aliphatic hydroxyl groups is 1. The summed E-state index contributed by atoms with van der Waals surface area (Å²) in [5.74, 6) is -0.320. The Kier molecular flexibility index (Phi) is 6.39. The van der Waals surface area contributed by atoms with Crippen LogP contribution in [0.2, 0.25) is 0 Å². The van der Waals surface area contributed by atoms with Crippen LogP contribution in [0.15, 0.2) is 47.1 Å². The number of hydrogen-bond donors (Lipinski definition) is 3. The van der Waals surface area contributed by atoms with Crippen LogP contribution < -0.4 is 15.4 Å². The Labute approximate surface area is 139 Å². The molecule has 7 nitrogen and oxygen atoms in total. The van der Waals surface area contributed by atoms with E-state index in [0.717, 1.165) is 11.3 Å². The van der Waals surface area contributed by atoms with E-state index in [9.17, 15) is 14.7 Å². The molecule has 1 aromatic heterocycles. The monoisotopic (exact) mass is 332 g/mol. The maximum absolute atomic E-state index is 11.7. The van der Waals surface area contributed by atoms with Crippen molar-refractivity contribution in [1.29, 1.82) is 0 Å². The molecule has 2 aromatic rings. The van der Waals surface area contributed by atoms with E-state index in [1.807, 2.05) is 0 Å². The number of rotatable bonds is 7. The lowest BCUT2D eigenvalue weighted by atomic mass is 10.2. The van der Waals surface area contributed by atoms with Gasteiger partial charge in [0.1, 0.15) is 17.6 Å². The zero-order chi connectivity index (χ0) is 17.4. The number of hydrogen-bond acceptors (Lipinski definition) is 5. The van der Waals surface area contributed by atoms with Crippen molar-refractivity contribution in [2.24, 2.45) is 0 Å². The number of carbonyl (C=O) groups excluding carboxylic acids is 2. The lowest BCUT2D eigenvalue weighted by molar-refractivity contribution is -0.139. The third kappa shape index (κ3) is 5.13. The molecule has 7 heteroatoms. The summed E-state index contributed by atoms with van der Waals surface area (Å²) >= 11 is 0. The predicted molar refractivity (Wildman–Crippen MR) is 86.1 cm³/mol. The van der Waals surface area contributed by atoms with Crippen LogP contribution in [0.5, 0.6) is 5.75 Å². The SMILES string of the molecule is COc1ccc(CNC(=O)C(=O)NCCC(O)c2ccco2)cc1. The first-order valence-electron chi connectivity index (χ1n) is 7.50. The van der Waals surface area contributed by atoms with Gasteiger partial charge in [0.25, 0.3) is 0 Å². The number of furan rings is 1. The molecule has 2 rings (SSSR count). The summed E-state index contributed by atoms with van der Waals surface area (Å²) in [6, 6.07) is 10.5. The van der Waals surface area contributed by atoms with E-state index >= 15 is 0 Å². The van der Waals surface area contributed by atoms with Gasteiger partial charge in [0, 0.05) is 13.1 Å². The Hall–Kier alpha value is -2.80. The van der Waals surface area contributed by atoms with E-state index in [-0.39, 0.29) is 19.5 Å². The van der Waals surface area contributed by atoms with E-state index in [4.69, 9.17) is 9.15 Å². The molecule has 0 fully saturated rings. The van der Waals surface area contributed by atoms with Crippen molar-refractivity contribution in [3.63, 3.8) is 0 Å². The molecule has 0 bridgehead atoms. The molecule has 3 N–H and O–H groups in total. The van der Waals surface area contributed by atoms with Crippen LogP contribution in [0.1, 0.15) is 23.8 Å². The molecule has 128 valence electrons. The maximum Gasteiger partial charge on any atom is 0.309 e. The number of methoxy groups -OCH3 is 1. The van der Waals surface area contributed by atoms with Crippen LogP contribution >= 0.6 is 0 Å². The van der Waals surface area contributed by atoms with Crippen molar-refractivity contribution in [1.82, 2.24) is 10.6 Å². The van der Waals surface area contributed by atoms with Crippen LogP contribution in [0.4, 0.5) is 0 Å². The van der Waals surface area contributed by atoms with Gasteiger partial charge < -0.3 is 24.9 Å². The van der Waals surface area contributed by atoms with Gasteiger partial charge >= 0.3 is 11.8 Å². The summed E-state index contributed by atoms with van der Waals surface area (Å²) in [6.07, 6.45) is 0.900. The number of ether oxygens (including phenoxy) is 1. The van der Waals surface area contributed by atoms with Crippen LogP contribution in [0.3, 0.4) is 0 Å². The minimum atomic E-state index is -0.817. The average Bonchev–Trinajstić information content (AvgIpc) is 3.14. The molecular formula is C17H20N2O5. The Morgan fingerprint density at radius 2 is 1.88 bits per heavy atom. The Bertz CT molecular complexity index is 652. The predicted octanol–water partition coefficient (Wildman–Crippen LogP) is 1.14. The third-order valence-corrected chi connectivity index (χ3v) is 3.39. The first-order valence-corrected chi connectivity index (χ1v) is 7.50. The zero-order valence-electron chi connectivity index (χ0n) is 13.3. The Balaban J connectivity index is 1.68. The topological polar surface area (TPSA) is 101 Å². The van der Waals surface area contributed by atoms with Crippen LogP contribution in [0.25, 0.3) is 0 Å². The fourth-order valence-corrected chi connectivity index (χ4v) is 2.03. The van der Waals surface area contributed by atoms with Crippen molar-refractivity contribution in [3.8, 4) is 5.75 Å². The molecule has 0 saturated carbocycles. The number of amides is 2. The number of aliphatic hydroxyl groups excluding tert-OH is 1.